The van der Waals surface area contributed by atoms with Crippen LogP contribution in [0.1, 0.15) is 17.3 Å². The number of anilines is 1. The first-order chi connectivity index (χ1) is 7.41. The zero-order chi connectivity index (χ0) is 12.3. The van der Waals surface area contributed by atoms with Gasteiger partial charge in [0.05, 0.1) is 17.3 Å². The van der Waals surface area contributed by atoms with E-state index in [1.807, 2.05) is 0 Å². The summed E-state index contributed by atoms with van der Waals surface area (Å²) in [5.74, 6) is -0.107. The van der Waals surface area contributed by atoms with Gasteiger partial charge in [-0.2, -0.15) is 0 Å². The molecule has 0 aromatic heterocycles. The third-order valence-electron chi connectivity index (χ3n) is 2.18. The van der Waals surface area contributed by atoms with Gasteiger partial charge < -0.3 is 4.90 Å². The van der Waals surface area contributed by atoms with E-state index in [1.165, 1.54) is 24.9 Å². The van der Waals surface area contributed by atoms with E-state index >= 15 is 0 Å². The first-order valence-electron chi connectivity index (χ1n) is 4.71. The minimum atomic E-state index is -2.42. The minimum Gasteiger partial charge on any atom is -0.368 e. The molecule has 0 heterocycles. The third-order valence-corrected chi connectivity index (χ3v) is 2.48. The number of carbonyl (C=O) groups is 1. The van der Waals surface area contributed by atoms with Crippen LogP contribution in [0, 0.1) is 0 Å². The Kier molecular flexibility index (Phi) is 4.24. The topological polar surface area (TPSA) is 20.3 Å². The number of hydrogen-bond donors (Lipinski definition) is 0. The lowest BCUT2D eigenvalue weighted by molar-refractivity contribution is 0.101. The number of hydrogen-bond acceptors (Lipinski definition) is 2. The molecule has 0 bridgehead atoms. The normalized spacial score (nSPS) is 10.6. The molecule has 2 nitrogen and oxygen atoms in total. The average Bonchev–Trinajstić information content (AvgIpc) is 2.15. The summed E-state index contributed by atoms with van der Waals surface area (Å²) in [4.78, 5) is 12.4. The van der Waals surface area contributed by atoms with Crippen LogP contribution < -0.4 is 4.90 Å². The highest BCUT2D eigenvalue weighted by Gasteiger charge is 2.12. The number of benzene rings is 1. The van der Waals surface area contributed by atoms with E-state index in [0.717, 1.165) is 0 Å². The third kappa shape index (κ3) is 3.17. The van der Waals surface area contributed by atoms with E-state index in [-0.39, 0.29) is 12.3 Å². The SMILES string of the molecule is CC(=O)c1ccc(N(C)CC(F)F)c(Cl)c1. The molecule has 88 valence electrons. The molecule has 0 amide bonds. The van der Waals surface area contributed by atoms with Crippen LogP contribution in [-0.4, -0.2) is 25.8 Å². The highest BCUT2D eigenvalue weighted by molar-refractivity contribution is 6.33. The van der Waals surface area contributed by atoms with Crippen molar-refractivity contribution < 1.29 is 13.6 Å². The summed E-state index contributed by atoms with van der Waals surface area (Å²) < 4.78 is 24.3. The maximum absolute atomic E-state index is 12.2. The second-order valence-corrected chi connectivity index (χ2v) is 3.90. The summed E-state index contributed by atoms with van der Waals surface area (Å²) >= 11 is 5.91. The maximum Gasteiger partial charge on any atom is 0.255 e. The van der Waals surface area contributed by atoms with E-state index in [0.29, 0.717) is 16.3 Å². The molecule has 0 spiro atoms. The van der Waals surface area contributed by atoms with Gasteiger partial charge in [-0.1, -0.05) is 11.6 Å². The van der Waals surface area contributed by atoms with Gasteiger partial charge in [-0.3, -0.25) is 4.79 Å². The van der Waals surface area contributed by atoms with Crippen molar-refractivity contribution in [2.75, 3.05) is 18.5 Å². The fourth-order valence-electron chi connectivity index (χ4n) is 1.34. The van der Waals surface area contributed by atoms with Gasteiger partial charge in [0.15, 0.2) is 5.78 Å². The number of ketones is 1. The van der Waals surface area contributed by atoms with Crippen LogP contribution in [0.3, 0.4) is 0 Å². The molecule has 0 aliphatic rings. The smallest absolute Gasteiger partial charge is 0.255 e. The Hall–Kier alpha value is -1.16. The zero-order valence-corrected chi connectivity index (χ0v) is 9.76. The van der Waals surface area contributed by atoms with E-state index in [2.05, 4.69) is 0 Å². The van der Waals surface area contributed by atoms with Gasteiger partial charge in [0, 0.05) is 12.6 Å². The Labute approximate surface area is 97.8 Å². The fourth-order valence-corrected chi connectivity index (χ4v) is 1.67. The number of carbonyl (C=O) groups excluding carboxylic acids is 1. The molecule has 1 aromatic rings. The highest BCUT2D eigenvalue weighted by Crippen LogP contribution is 2.26. The van der Waals surface area contributed by atoms with Crippen LogP contribution >= 0.6 is 11.6 Å². The Bertz CT molecular complexity index is 396. The number of halogens is 3. The van der Waals surface area contributed by atoms with Gasteiger partial charge in [0.25, 0.3) is 6.43 Å². The van der Waals surface area contributed by atoms with Crippen LogP contribution in [0.2, 0.25) is 5.02 Å². The first-order valence-corrected chi connectivity index (χ1v) is 5.09. The monoisotopic (exact) mass is 247 g/mol. The molecule has 1 rings (SSSR count). The number of rotatable bonds is 4. The largest absolute Gasteiger partial charge is 0.368 e. The second kappa shape index (κ2) is 5.25. The van der Waals surface area contributed by atoms with E-state index in [9.17, 15) is 13.6 Å². The molecule has 0 saturated heterocycles. The quantitative estimate of drug-likeness (QED) is 0.762. The number of Topliss-reactive ketones (excluding diaryl/α,β-unsaturated/α-hetero) is 1. The maximum atomic E-state index is 12.2. The van der Waals surface area contributed by atoms with Crippen LogP contribution in [0.25, 0.3) is 0 Å². The van der Waals surface area contributed by atoms with Crippen molar-refractivity contribution in [1.82, 2.24) is 0 Å². The molecular formula is C11H12ClF2NO. The molecule has 16 heavy (non-hydrogen) atoms. The molecule has 1 aromatic carbocycles. The molecule has 0 radical (unpaired) electrons. The van der Waals surface area contributed by atoms with Crippen LogP contribution in [-0.2, 0) is 0 Å². The average molecular weight is 248 g/mol. The predicted octanol–water partition coefficient (Wildman–Crippen LogP) is 3.24. The van der Waals surface area contributed by atoms with Gasteiger partial charge in [-0.25, -0.2) is 8.78 Å². The Morgan fingerprint density at radius 3 is 2.56 bits per heavy atom. The summed E-state index contributed by atoms with van der Waals surface area (Å²) in [6.07, 6.45) is -2.42. The molecule has 0 aliphatic carbocycles. The summed E-state index contributed by atoms with van der Waals surface area (Å²) in [6.45, 7) is 1.04. The van der Waals surface area contributed by atoms with E-state index in [1.54, 1.807) is 12.1 Å². The van der Waals surface area contributed by atoms with Crippen LogP contribution in [0.4, 0.5) is 14.5 Å². The lowest BCUT2D eigenvalue weighted by Crippen LogP contribution is -2.24. The van der Waals surface area contributed by atoms with Crippen molar-refractivity contribution in [2.24, 2.45) is 0 Å². The fraction of sp³-hybridized carbons (Fsp3) is 0.364. The molecular weight excluding hydrogens is 236 g/mol. The van der Waals surface area contributed by atoms with E-state index in [4.69, 9.17) is 11.6 Å². The Balaban J connectivity index is 2.94. The molecule has 0 unspecified atom stereocenters. The van der Waals surface area contributed by atoms with Gasteiger partial charge in [0.1, 0.15) is 0 Å². The van der Waals surface area contributed by atoms with Crippen LogP contribution in [0.5, 0.6) is 0 Å². The lowest BCUT2D eigenvalue weighted by atomic mass is 10.1. The van der Waals surface area contributed by atoms with Crippen molar-refractivity contribution in [3.05, 3.63) is 28.8 Å². The van der Waals surface area contributed by atoms with Crippen molar-refractivity contribution in [3.8, 4) is 0 Å². The second-order valence-electron chi connectivity index (χ2n) is 3.49. The summed E-state index contributed by atoms with van der Waals surface area (Å²) in [6, 6.07) is 4.63. The summed E-state index contributed by atoms with van der Waals surface area (Å²) in [5.41, 5.74) is 0.964. The molecule has 0 atom stereocenters. The minimum absolute atomic E-state index is 0.107. The molecule has 0 aliphatic heterocycles. The molecule has 0 N–H and O–H groups in total. The van der Waals surface area contributed by atoms with Gasteiger partial charge in [0.2, 0.25) is 0 Å². The Morgan fingerprint density at radius 1 is 1.50 bits per heavy atom. The van der Waals surface area contributed by atoms with Crippen LogP contribution in [0.15, 0.2) is 18.2 Å². The summed E-state index contributed by atoms with van der Waals surface area (Å²) in [5, 5.41) is 0.302. The number of alkyl halides is 2. The standard InChI is InChI=1S/C11H12ClF2NO/c1-7(16)8-3-4-10(9(12)5-8)15(2)6-11(13)14/h3-5,11H,6H2,1-2H3. The van der Waals surface area contributed by atoms with Gasteiger partial charge in [-0.05, 0) is 25.1 Å². The van der Waals surface area contributed by atoms with Crippen molar-refractivity contribution in [1.29, 1.82) is 0 Å². The molecule has 0 fully saturated rings. The lowest BCUT2D eigenvalue weighted by Gasteiger charge is -2.20. The molecule has 0 saturated carbocycles. The highest BCUT2D eigenvalue weighted by atomic mass is 35.5. The van der Waals surface area contributed by atoms with Gasteiger partial charge in [-0.15, -0.1) is 0 Å². The van der Waals surface area contributed by atoms with Crippen molar-refractivity contribution in [3.63, 3.8) is 0 Å². The zero-order valence-electron chi connectivity index (χ0n) is 9.01. The predicted molar refractivity (Wildman–Crippen MR) is 60.7 cm³/mol. The Morgan fingerprint density at radius 2 is 2.12 bits per heavy atom. The van der Waals surface area contributed by atoms with E-state index < -0.39 is 6.43 Å². The number of nitrogens with zero attached hydrogens (tertiary/aromatic N) is 1. The first kappa shape index (κ1) is 12.9. The van der Waals surface area contributed by atoms with Crippen molar-refractivity contribution in [2.45, 2.75) is 13.3 Å². The summed E-state index contributed by atoms with van der Waals surface area (Å²) in [7, 11) is 1.53. The molecule has 5 heteroatoms. The van der Waals surface area contributed by atoms with Gasteiger partial charge >= 0.3 is 0 Å². The van der Waals surface area contributed by atoms with Crippen molar-refractivity contribution >= 4 is 23.1 Å².